The van der Waals surface area contributed by atoms with Crippen LogP contribution in [0.3, 0.4) is 0 Å². The van der Waals surface area contributed by atoms with Crippen molar-refractivity contribution in [2.24, 2.45) is 5.41 Å². The van der Waals surface area contributed by atoms with E-state index in [1.165, 1.54) is 19.3 Å². The number of aromatic nitrogens is 2. The minimum absolute atomic E-state index is 0.456. The number of nitrogens with zero attached hydrogens (tertiary/aromatic N) is 2. The number of thioether (sulfide) groups is 1. The molecule has 0 bridgehead atoms. The van der Waals surface area contributed by atoms with Gasteiger partial charge in [0.05, 0.1) is 0 Å². The summed E-state index contributed by atoms with van der Waals surface area (Å²) in [6.07, 6.45) is 5.73. The molecular formula is C14H24N4S. The largest absolute Gasteiger partial charge is 0.370 e. The number of hydrogen-bond acceptors (Lipinski definition) is 5. The Hall–Kier alpha value is -0.970. The van der Waals surface area contributed by atoms with Crippen molar-refractivity contribution in [3.05, 3.63) is 6.07 Å². The van der Waals surface area contributed by atoms with Gasteiger partial charge in [0.25, 0.3) is 0 Å². The van der Waals surface area contributed by atoms with Crippen LogP contribution in [0, 0.1) is 5.41 Å². The van der Waals surface area contributed by atoms with Crippen LogP contribution in [0.15, 0.2) is 11.2 Å². The molecule has 1 aliphatic carbocycles. The van der Waals surface area contributed by atoms with Gasteiger partial charge in [-0.3, -0.25) is 0 Å². The standard InChI is InChI=1S/C14H24N4S/c1-5-15-11-8-12(18-13(17-11)19-4)16-10-6-7-14(2,3)9-10/h8,10H,5-7,9H2,1-4H3,(H2,15,16,17,18). The van der Waals surface area contributed by atoms with Gasteiger partial charge in [0, 0.05) is 18.7 Å². The number of hydrogen-bond donors (Lipinski definition) is 2. The van der Waals surface area contributed by atoms with Gasteiger partial charge in [0.1, 0.15) is 11.6 Å². The van der Waals surface area contributed by atoms with E-state index >= 15 is 0 Å². The predicted molar refractivity (Wildman–Crippen MR) is 83.0 cm³/mol. The highest BCUT2D eigenvalue weighted by atomic mass is 32.2. The van der Waals surface area contributed by atoms with Gasteiger partial charge in [0.2, 0.25) is 0 Å². The average Bonchev–Trinajstić information content (AvgIpc) is 2.68. The minimum Gasteiger partial charge on any atom is -0.370 e. The van der Waals surface area contributed by atoms with Crippen LogP contribution >= 0.6 is 11.8 Å². The molecule has 106 valence electrons. The first-order valence-corrected chi connectivity index (χ1v) is 8.18. The summed E-state index contributed by atoms with van der Waals surface area (Å²) in [4.78, 5) is 8.99. The third-order valence-electron chi connectivity index (χ3n) is 3.57. The minimum atomic E-state index is 0.456. The van der Waals surface area contributed by atoms with Crippen molar-refractivity contribution < 1.29 is 0 Å². The number of anilines is 2. The molecule has 2 rings (SSSR count). The molecule has 2 N–H and O–H groups in total. The fraction of sp³-hybridized carbons (Fsp3) is 0.714. The Morgan fingerprint density at radius 1 is 1.37 bits per heavy atom. The lowest BCUT2D eigenvalue weighted by Crippen LogP contribution is -2.19. The Labute approximate surface area is 120 Å². The van der Waals surface area contributed by atoms with Crippen LogP contribution in [0.5, 0.6) is 0 Å². The maximum absolute atomic E-state index is 4.55. The van der Waals surface area contributed by atoms with Crippen LogP contribution in [0.2, 0.25) is 0 Å². The van der Waals surface area contributed by atoms with Crippen LogP contribution in [-0.4, -0.2) is 28.8 Å². The zero-order chi connectivity index (χ0) is 13.9. The summed E-state index contributed by atoms with van der Waals surface area (Å²) in [5.74, 6) is 1.85. The van der Waals surface area contributed by atoms with Crippen LogP contribution in [0.1, 0.15) is 40.0 Å². The van der Waals surface area contributed by atoms with Gasteiger partial charge in [-0.1, -0.05) is 25.6 Å². The lowest BCUT2D eigenvalue weighted by atomic mass is 9.92. The smallest absolute Gasteiger partial charge is 0.191 e. The van der Waals surface area contributed by atoms with Gasteiger partial charge in [-0.25, -0.2) is 9.97 Å². The van der Waals surface area contributed by atoms with Crippen molar-refractivity contribution >= 4 is 23.4 Å². The normalized spacial score (nSPS) is 21.4. The molecule has 1 heterocycles. The first-order chi connectivity index (χ1) is 9.02. The Morgan fingerprint density at radius 3 is 2.68 bits per heavy atom. The fourth-order valence-electron chi connectivity index (χ4n) is 2.63. The maximum Gasteiger partial charge on any atom is 0.191 e. The maximum atomic E-state index is 4.55. The quantitative estimate of drug-likeness (QED) is 0.637. The van der Waals surface area contributed by atoms with Crippen LogP contribution in [0.25, 0.3) is 0 Å². The molecule has 1 fully saturated rings. The van der Waals surface area contributed by atoms with Gasteiger partial charge in [-0.05, 0) is 37.9 Å². The van der Waals surface area contributed by atoms with E-state index in [0.29, 0.717) is 11.5 Å². The molecule has 0 spiro atoms. The van der Waals surface area contributed by atoms with Crippen LogP contribution in [0.4, 0.5) is 11.6 Å². The monoisotopic (exact) mass is 280 g/mol. The van der Waals surface area contributed by atoms with Crippen molar-refractivity contribution in [1.82, 2.24) is 9.97 Å². The third kappa shape index (κ3) is 4.00. The van der Waals surface area contributed by atoms with E-state index in [0.717, 1.165) is 23.3 Å². The first kappa shape index (κ1) is 14.4. The van der Waals surface area contributed by atoms with E-state index in [1.807, 2.05) is 12.3 Å². The average molecular weight is 280 g/mol. The zero-order valence-electron chi connectivity index (χ0n) is 12.3. The number of rotatable bonds is 5. The lowest BCUT2D eigenvalue weighted by molar-refractivity contribution is 0.378. The molecule has 1 aromatic heterocycles. The summed E-state index contributed by atoms with van der Waals surface area (Å²) in [5, 5.41) is 7.64. The van der Waals surface area contributed by atoms with E-state index in [-0.39, 0.29) is 0 Å². The molecule has 1 atom stereocenters. The molecule has 19 heavy (non-hydrogen) atoms. The zero-order valence-corrected chi connectivity index (χ0v) is 13.1. The molecule has 0 saturated heterocycles. The van der Waals surface area contributed by atoms with E-state index in [1.54, 1.807) is 11.8 Å². The first-order valence-electron chi connectivity index (χ1n) is 6.96. The molecule has 5 heteroatoms. The summed E-state index contributed by atoms with van der Waals surface area (Å²) in [7, 11) is 0. The van der Waals surface area contributed by atoms with E-state index in [2.05, 4.69) is 41.4 Å². The Morgan fingerprint density at radius 2 is 2.11 bits per heavy atom. The fourth-order valence-corrected chi connectivity index (χ4v) is 3.01. The summed E-state index contributed by atoms with van der Waals surface area (Å²) in [6, 6.07) is 2.54. The SMILES string of the molecule is CCNc1cc(NC2CCC(C)(C)C2)nc(SC)n1. The molecule has 1 aromatic rings. The van der Waals surface area contributed by atoms with Crippen LogP contribution in [-0.2, 0) is 0 Å². The van der Waals surface area contributed by atoms with E-state index < -0.39 is 0 Å². The second-order valence-corrected chi connectivity index (χ2v) is 6.68. The molecular weight excluding hydrogens is 256 g/mol. The molecule has 1 saturated carbocycles. The lowest BCUT2D eigenvalue weighted by Gasteiger charge is -2.18. The highest BCUT2D eigenvalue weighted by Crippen LogP contribution is 2.38. The summed E-state index contributed by atoms with van der Waals surface area (Å²) < 4.78 is 0. The molecule has 0 amide bonds. The molecule has 0 radical (unpaired) electrons. The summed E-state index contributed by atoms with van der Waals surface area (Å²) in [5.41, 5.74) is 0.456. The topological polar surface area (TPSA) is 49.8 Å². The van der Waals surface area contributed by atoms with Gasteiger partial charge < -0.3 is 10.6 Å². The third-order valence-corrected chi connectivity index (χ3v) is 4.11. The van der Waals surface area contributed by atoms with E-state index in [4.69, 9.17) is 0 Å². The predicted octanol–water partition coefficient (Wildman–Crippen LogP) is 3.62. The second-order valence-electron chi connectivity index (χ2n) is 5.90. The highest BCUT2D eigenvalue weighted by molar-refractivity contribution is 7.98. The molecule has 4 nitrogen and oxygen atoms in total. The van der Waals surface area contributed by atoms with Crippen molar-refractivity contribution in [3.63, 3.8) is 0 Å². The second kappa shape index (κ2) is 5.99. The van der Waals surface area contributed by atoms with Crippen LogP contribution < -0.4 is 10.6 Å². The molecule has 0 aromatic carbocycles. The molecule has 0 aliphatic heterocycles. The van der Waals surface area contributed by atoms with Gasteiger partial charge in [0.15, 0.2) is 5.16 Å². The van der Waals surface area contributed by atoms with Gasteiger partial charge >= 0.3 is 0 Å². The van der Waals surface area contributed by atoms with Crippen molar-refractivity contribution in [2.75, 3.05) is 23.4 Å². The number of nitrogens with one attached hydrogen (secondary N) is 2. The summed E-state index contributed by atoms with van der Waals surface area (Å²) in [6.45, 7) is 7.63. The van der Waals surface area contributed by atoms with Crippen molar-refractivity contribution in [1.29, 1.82) is 0 Å². The van der Waals surface area contributed by atoms with Crippen molar-refractivity contribution in [3.8, 4) is 0 Å². The van der Waals surface area contributed by atoms with Gasteiger partial charge in [-0.15, -0.1) is 0 Å². The Bertz CT molecular complexity index is 433. The Balaban J connectivity index is 2.09. The van der Waals surface area contributed by atoms with E-state index in [9.17, 15) is 0 Å². The molecule has 1 aliphatic rings. The Kier molecular flexibility index (Phi) is 4.55. The van der Waals surface area contributed by atoms with Crippen molar-refractivity contribution in [2.45, 2.75) is 51.2 Å². The summed E-state index contributed by atoms with van der Waals surface area (Å²) >= 11 is 1.58. The highest BCUT2D eigenvalue weighted by Gasteiger charge is 2.30. The van der Waals surface area contributed by atoms with Gasteiger partial charge in [-0.2, -0.15) is 0 Å². The molecule has 1 unspecified atom stereocenters.